The summed E-state index contributed by atoms with van der Waals surface area (Å²) in [7, 11) is 1.75. The van der Waals surface area contributed by atoms with E-state index in [1.807, 2.05) is 24.5 Å². The summed E-state index contributed by atoms with van der Waals surface area (Å²) in [4.78, 5) is 28.7. The van der Waals surface area contributed by atoms with E-state index >= 15 is 0 Å². The van der Waals surface area contributed by atoms with Gasteiger partial charge in [0.25, 0.3) is 0 Å². The van der Waals surface area contributed by atoms with Crippen molar-refractivity contribution in [3.05, 3.63) is 66.4 Å². The van der Waals surface area contributed by atoms with Gasteiger partial charge in [-0.2, -0.15) is 0 Å². The first kappa shape index (κ1) is 26.7. The van der Waals surface area contributed by atoms with Gasteiger partial charge in [-0.15, -0.1) is 0 Å². The molecule has 4 aromatic rings. The fraction of sp³-hybridized carbons (Fsp3) is 0.312. The zero-order chi connectivity index (χ0) is 28.2. The van der Waals surface area contributed by atoms with Crippen LogP contribution in [0.3, 0.4) is 0 Å². The van der Waals surface area contributed by atoms with Crippen LogP contribution in [0.5, 0.6) is 5.75 Å². The second-order valence-electron chi connectivity index (χ2n) is 10.4. The number of benzene rings is 2. The van der Waals surface area contributed by atoms with Crippen LogP contribution in [-0.2, 0) is 9.53 Å². The van der Waals surface area contributed by atoms with E-state index in [0.717, 1.165) is 83.7 Å². The minimum Gasteiger partial charge on any atom is -0.488 e. The lowest BCUT2D eigenvalue weighted by Gasteiger charge is -2.28. The van der Waals surface area contributed by atoms with Crippen LogP contribution < -0.4 is 9.64 Å². The summed E-state index contributed by atoms with van der Waals surface area (Å²) in [6.45, 7) is 4.54. The summed E-state index contributed by atoms with van der Waals surface area (Å²) in [5, 5.41) is 8.25. The van der Waals surface area contributed by atoms with E-state index in [9.17, 15) is 4.79 Å². The number of aliphatic imine (C=N–C) groups is 1. The quantitative estimate of drug-likeness (QED) is 0.307. The van der Waals surface area contributed by atoms with Crippen LogP contribution in [0.2, 0.25) is 0 Å². The number of nitrogens with one attached hydrogen (secondary N) is 2. The number of amides is 1. The number of morpholine rings is 1. The van der Waals surface area contributed by atoms with Gasteiger partial charge in [0.15, 0.2) is 0 Å². The Kier molecular flexibility index (Phi) is 7.78. The molecular formula is C32H34N6O3. The smallest absolute Gasteiger partial charge is 0.228 e. The summed E-state index contributed by atoms with van der Waals surface area (Å²) in [5.41, 5.74) is 7.18. The third-order valence-electron chi connectivity index (χ3n) is 7.74. The number of H-pyrrole nitrogens is 1. The lowest BCUT2D eigenvalue weighted by Crippen LogP contribution is -2.36. The molecule has 0 radical (unpaired) electrons. The molecule has 2 saturated heterocycles. The van der Waals surface area contributed by atoms with E-state index in [2.05, 4.69) is 62.3 Å². The average Bonchev–Trinajstić information content (AvgIpc) is 3.66. The molecule has 4 heterocycles. The second-order valence-corrected chi connectivity index (χ2v) is 10.4. The average molecular weight is 551 g/mol. The van der Waals surface area contributed by atoms with Crippen molar-refractivity contribution in [1.29, 1.82) is 5.41 Å². The molecule has 0 saturated carbocycles. The highest BCUT2D eigenvalue weighted by Gasteiger charge is 2.27. The zero-order valence-electron chi connectivity index (χ0n) is 23.2. The number of ether oxygens (including phenoxy) is 2. The molecular weight excluding hydrogens is 516 g/mol. The van der Waals surface area contributed by atoms with Crippen molar-refractivity contribution in [3.8, 4) is 28.1 Å². The Morgan fingerprint density at radius 2 is 1.93 bits per heavy atom. The van der Waals surface area contributed by atoms with E-state index < -0.39 is 0 Å². The van der Waals surface area contributed by atoms with E-state index in [-0.39, 0.29) is 18.4 Å². The highest BCUT2D eigenvalue weighted by Crippen LogP contribution is 2.34. The molecule has 2 fully saturated rings. The first-order chi connectivity index (χ1) is 20.1. The van der Waals surface area contributed by atoms with Gasteiger partial charge in [-0.3, -0.25) is 9.79 Å². The molecule has 1 amide bonds. The van der Waals surface area contributed by atoms with Crippen molar-refractivity contribution in [2.24, 2.45) is 4.99 Å². The first-order valence-corrected chi connectivity index (χ1v) is 14.0. The van der Waals surface area contributed by atoms with Crippen molar-refractivity contribution < 1.29 is 14.3 Å². The number of anilines is 1. The molecule has 2 aromatic carbocycles. The number of likely N-dealkylation sites (tertiary alicyclic amines) is 1. The van der Waals surface area contributed by atoms with Crippen molar-refractivity contribution in [2.75, 3.05) is 51.3 Å². The Labute approximate surface area is 239 Å². The maximum atomic E-state index is 12.2. The Hall–Kier alpha value is -4.50. The van der Waals surface area contributed by atoms with Crippen LogP contribution in [0, 0.1) is 5.41 Å². The number of pyridine rings is 1. The number of rotatable bonds is 8. The maximum absolute atomic E-state index is 12.2. The topological polar surface area (TPSA) is 107 Å². The number of carbonyl (C=O) groups is 1. The van der Waals surface area contributed by atoms with E-state index in [0.29, 0.717) is 13.1 Å². The molecule has 2 aliphatic heterocycles. The van der Waals surface area contributed by atoms with Crippen LogP contribution in [0.25, 0.3) is 33.4 Å². The lowest BCUT2D eigenvalue weighted by atomic mass is 10.0. The van der Waals surface area contributed by atoms with Gasteiger partial charge in [0, 0.05) is 74.1 Å². The van der Waals surface area contributed by atoms with Gasteiger partial charge in [-0.25, -0.2) is 4.98 Å². The Morgan fingerprint density at radius 3 is 2.71 bits per heavy atom. The molecule has 2 N–H and O–H groups in total. The molecule has 210 valence electrons. The van der Waals surface area contributed by atoms with Gasteiger partial charge in [0.05, 0.1) is 26.2 Å². The maximum Gasteiger partial charge on any atom is 0.228 e. The molecule has 0 spiro atoms. The van der Waals surface area contributed by atoms with E-state index in [1.54, 1.807) is 11.9 Å². The predicted octanol–water partition coefficient (Wildman–Crippen LogP) is 4.80. The van der Waals surface area contributed by atoms with Gasteiger partial charge in [-0.1, -0.05) is 18.2 Å². The highest BCUT2D eigenvalue weighted by molar-refractivity contribution is 5.97. The normalized spacial score (nSPS) is 17.4. The number of aromatic amines is 1. The number of hydrogen-bond acceptors (Lipinski definition) is 7. The zero-order valence-corrected chi connectivity index (χ0v) is 23.2. The molecule has 9 nitrogen and oxygen atoms in total. The molecule has 0 bridgehead atoms. The van der Waals surface area contributed by atoms with Gasteiger partial charge in [-0.05, 0) is 53.1 Å². The summed E-state index contributed by atoms with van der Waals surface area (Å²) >= 11 is 0. The largest absolute Gasteiger partial charge is 0.488 e. The molecule has 41 heavy (non-hydrogen) atoms. The molecule has 2 aromatic heterocycles. The number of fused-ring (bicyclic) bond motifs is 1. The van der Waals surface area contributed by atoms with Crippen LogP contribution in [-0.4, -0.2) is 85.7 Å². The SMILES string of the molecule is C/N=C\c1cc(-c2ccnc3[nH]c(-c4ccc(N5CCOCC5)cc4)cc23)ccc1O[C@@H]1CCN(C(=O)CC=N)C1. The molecule has 0 unspecified atom stereocenters. The molecule has 9 heteroatoms. The second kappa shape index (κ2) is 11.9. The van der Waals surface area contributed by atoms with Gasteiger partial charge >= 0.3 is 0 Å². The van der Waals surface area contributed by atoms with E-state index in [4.69, 9.17) is 14.9 Å². The van der Waals surface area contributed by atoms with E-state index in [1.165, 1.54) is 5.69 Å². The van der Waals surface area contributed by atoms with Crippen molar-refractivity contribution >= 4 is 35.1 Å². The minimum absolute atomic E-state index is 0.0302. The molecule has 1 atom stereocenters. The van der Waals surface area contributed by atoms with Crippen LogP contribution >= 0.6 is 0 Å². The fourth-order valence-corrected chi connectivity index (χ4v) is 5.62. The summed E-state index contributed by atoms with van der Waals surface area (Å²) < 4.78 is 11.8. The highest BCUT2D eigenvalue weighted by atomic mass is 16.5. The summed E-state index contributed by atoms with van der Waals surface area (Å²) in [5.74, 6) is 0.712. The third-order valence-corrected chi connectivity index (χ3v) is 7.74. The van der Waals surface area contributed by atoms with Crippen LogP contribution in [0.4, 0.5) is 5.69 Å². The fourth-order valence-electron chi connectivity index (χ4n) is 5.62. The van der Waals surface area contributed by atoms with Crippen LogP contribution in [0.15, 0.2) is 65.8 Å². The Morgan fingerprint density at radius 1 is 1.12 bits per heavy atom. The number of hydrogen-bond donors (Lipinski definition) is 2. The molecule has 6 rings (SSSR count). The predicted molar refractivity (Wildman–Crippen MR) is 163 cm³/mol. The van der Waals surface area contributed by atoms with Crippen LogP contribution in [0.1, 0.15) is 18.4 Å². The van der Waals surface area contributed by atoms with Crippen molar-refractivity contribution in [2.45, 2.75) is 18.9 Å². The number of nitrogens with zero attached hydrogens (tertiary/aromatic N) is 4. The lowest BCUT2D eigenvalue weighted by molar-refractivity contribution is -0.129. The Balaban J connectivity index is 1.25. The monoisotopic (exact) mass is 550 g/mol. The van der Waals surface area contributed by atoms with Gasteiger partial charge in [0.1, 0.15) is 17.5 Å². The molecule has 2 aliphatic rings. The van der Waals surface area contributed by atoms with Gasteiger partial charge < -0.3 is 29.7 Å². The summed E-state index contributed by atoms with van der Waals surface area (Å²) in [6, 6.07) is 19.0. The van der Waals surface area contributed by atoms with Gasteiger partial charge in [0.2, 0.25) is 5.91 Å². The van der Waals surface area contributed by atoms with Crippen molar-refractivity contribution in [1.82, 2.24) is 14.9 Å². The van der Waals surface area contributed by atoms with Crippen molar-refractivity contribution in [3.63, 3.8) is 0 Å². The molecule has 0 aliphatic carbocycles. The Bertz CT molecular complexity index is 1570. The summed E-state index contributed by atoms with van der Waals surface area (Å²) in [6.07, 6.45) is 5.60. The first-order valence-electron chi connectivity index (χ1n) is 14.0. The number of carbonyl (C=O) groups excluding carboxylic acids is 1. The number of aromatic nitrogens is 2. The standard InChI is InChI=1S/C32H34N6O3/c1-34-20-24-18-23(4-7-30(24)41-26-10-13-38(21-26)31(39)8-11-33)27-9-12-35-32-28(27)19-29(36-32)22-2-5-25(6-3-22)37-14-16-40-17-15-37/h2-7,9,11-12,18-20,26,33H,8,10,13-17,21H2,1H3,(H,35,36)/b33-11?,34-20-/t26-/m1/s1. The third kappa shape index (κ3) is 5.71. The minimum atomic E-state index is -0.0889.